The van der Waals surface area contributed by atoms with Crippen molar-refractivity contribution in [2.45, 2.75) is 174 Å². The summed E-state index contributed by atoms with van der Waals surface area (Å²) in [5, 5.41) is 65.3. The highest BCUT2D eigenvalue weighted by molar-refractivity contribution is 5.85. The van der Waals surface area contributed by atoms with E-state index in [1.807, 2.05) is 58.0 Å². The van der Waals surface area contributed by atoms with Crippen molar-refractivity contribution in [3.05, 3.63) is 36.5 Å². The molecule has 354 valence electrons. The smallest absolute Gasteiger partial charge is 0.311 e. The molecule has 3 aliphatic rings. The van der Waals surface area contributed by atoms with Crippen molar-refractivity contribution in [2.75, 3.05) is 18.4 Å². The van der Waals surface area contributed by atoms with Crippen LogP contribution in [0.4, 0.5) is 5.69 Å². The number of pyridine rings is 1. The van der Waals surface area contributed by atoms with Gasteiger partial charge in [0.15, 0.2) is 12.6 Å². The summed E-state index contributed by atoms with van der Waals surface area (Å²) in [5.41, 5.74) is -3.15. The van der Waals surface area contributed by atoms with Crippen LogP contribution in [0.3, 0.4) is 0 Å². The molecule has 1 aromatic carbocycles. The van der Waals surface area contributed by atoms with Crippen LogP contribution in [0.1, 0.15) is 102 Å². The molecule has 17 atom stereocenters. The Kier molecular flexibility index (Phi) is 16.5. The van der Waals surface area contributed by atoms with Crippen molar-refractivity contribution in [2.24, 2.45) is 35.0 Å². The summed E-state index contributed by atoms with van der Waals surface area (Å²) in [6.45, 7) is 18.3. The van der Waals surface area contributed by atoms with Crippen molar-refractivity contribution in [3.63, 3.8) is 0 Å². The number of esters is 1. The first-order chi connectivity index (χ1) is 29.3. The van der Waals surface area contributed by atoms with Gasteiger partial charge in [0, 0.05) is 54.4 Å². The summed E-state index contributed by atoms with van der Waals surface area (Å²) < 4.78 is 31.7. The molecule has 0 saturated carbocycles. The highest BCUT2D eigenvalue weighted by Crippen LogP contribution is 2.42. The van der Waals surface area contributed by atoms with Gasteiger partial charge in [-0.05, 0) is 83.1 Å². The lowest BCUT2D eigenvalue weighted by atomic mass is 9.74. The molecular weight excluding hydrogens is 815 g/mol. The minimum atomic E-state index is -2.20. The number of rotatable bonds is 10. The Morgan fingerprint density at radius 2 is 1.60 bits per heavy atom. The molecule has 3 aliphatic heterocycles. The number of aliphatic hydroxyl groups excluding tert-OH is 3. The molecule has 3 saturated heterocycles. The second-order valence-corrected chi connectivity index (χ2v) is 19.9. The molecule has 0 aliphatic carbocycles. The van der Waals surface area contributed by atoms with Gasteiger partial charge in [0.2, 0.25) is 5.91 Å². The molecule has 2 aromatic rings. The number of aliphatic hydroxyl groups is 5. The lowest BCUT2D eigenvalue weighted by Crippen LogP contribution is -2.59. The number of ketones is 1. The second kappa shape index (κ2) is 20.5. The number of anilines is 1. The molecule has 7 unspecified atom stereocenters. The SMILES string of the molecule is CC1CC(C)C(O)C(O[C@@H]2[C@@H](C)[C@H](OC3CC(C)(C)C(O)C(C)O3)[C@@H](C)C(=O)O[C@H](CCNC(=O)CNc3ccc4ncccc4c3)[C@@](C)(O)[C@H](O)[C@@H](C)C(=O)[C@H](C)C[C@@]2(C)O)O1. The first kappa shape index (κ1) is 50.7. The molecular formula is C47H73N3O13. The van der Waals surface area contributed by atoms with Crippen LogP contribution in [0.25, 0.3) is 10.9 Å². The maximum Gasteiger partial charge on any atom is 0.311 e. The second-order valence-electron chi connectivity index (χ2n) is 19.9. The third kappa shape index (κ3) is 11.9. The number of nitrogens with one attached hydrogen (secondary N) is 2. The Balaban J connectivity index is 1.46. The molecule has 3 fully saturated rings. The zero-order valence-electron chi connectivity index (χ0n) is 38.8. The van der Waals surface area contributed by atoms with Gasteiger partial charge in [-0.1, -0.05) is 47.6 Å². The lowest BCUT2D eigenvalue weighted by Gasteiger charge is -2.48. The third-order valence-electron chi connectivity index (χ3n) is 13.7. The number of nitrogens with zero attached hydrogens (tertiary/aromatic N) is 1. The average Bonchev–Trinajstić information content (AvgIpc) is 3.22. The maximum absolute atomic E-state index is 14.6. The molecule has 1 aromatic heterocycles. The van der Waals surface area contributed by atoms with Gasteiger partial charge in [-0.3, -0.25) is 19.4 Å². The van der Waals surface area contributed by atoms with Crippen molar-refractivity contribution in [1.82, 2.24) is 10.3 Å². The van der Waals surface area contributed by atoms with Crippen molar-refractivity contribution in [3.8, 4) is 0 Å². The van der Waals surface area contributed by atoms with Crippen molar-refractivity contribution in [1.29, 1.82) is 0 Å². The predicted octanol–water partition coefficient (Wildman–Crippen LogP) is 3.87. The van der Waals surface area contributed by atoms with Gasteiger partial charge in [-0.2, -0.15) is 0 Å². The van der Waals surface area contributed by atoms with E-state index < -0.39 is 107 Å². The number of aromatic nitrogens is 1. The topological polar surface area (TPSA) is 235 Å². The predicted molar refractivity (Wildman–Crippen MR) is 234 cm³/mol. The van der Waals surface area contributed by atoms with E-state index in [1.165, 1.54) is 20.8 Å². The Morgan fingerprint density at radius 3 is 2.29 bits per heavy atom. The Morgan fingerprint density at radius 1 is 0.905 bits per heavy atom. The fraction of sp³-hybridized carbons (Fsp3) is 0.745. The highest BCUT2D eigenvalue weighted by atomic mass is 16.7. The summed E-state index contributed by atoms with van der Waals surface area (Å²) in [6.07, 6.45) is -8.22. The summed E-state index contributed by atoms with van der Waals surface area (Å²) >= 11 is 0. The molecule has 4 heterocycles. The molecule has 0 spiro atoms. The van der Waals surface area contributed by atoms with E-state index in [0.717, 1.165) is 10.9 Å². The van der Waals surface area contributed by atoms with Crippen LogP contribution in [-0.2, 0) is 38.1 Å². The van der Waals surface area contributed by atoms with Gasteiger partial charge in [0.05, 0.1) is 60.2 Å². The van der Waals surface area contributed by atoms with E-state index in [2.05, 4.69) is 15.6 Å². The van der Waals surface area contributed by atoms with Gasteiger partial charge in [0.25, 0.3) is 0 Å². The average molecular weight is 888 g/mol. The van der Waals surface area contributed by atoms with Gasteiger partial charge in [-0.15, -0.1) is 0 Å². The third-order valence-corrected chi connectivity index (χ3v) is 13.7. The van der Waals surface area contributed by atoms with Crippen LogP contribution < -0.4 is 10.6 Å². The van der Waals surface area contributed by atoms with E-state index in [1.54, 1.807) is 33.9 Å². The first-order valence-corrected chi connectivity index (χ1v) is 22.5. The quantitative estimate of drug-likeness (QED) is 0.168. The molecule has 16 heteroatoms. The molecule has 5 rings (SSSR count). The van der Waals surface area contributed by atoms with Gasteiger partial charge < -0.3 is 59.9 Å². The fourth-order valence-electron chi connectivity index (χ4n) is 9.83. The van der Waals surface area contributed by atoms with E-state index in [-0.39, 0.29) is 50.3 Å². The minimum absolute atomic E-state index is 0.0725. The van der Waals surface area contributed by atoms with Crippen LogP contribution in [0, 0.1) is 35.0 Å². The zero-order valence-corrected chi connectivity index (χ0v) is 38.8. The van der Waals surface area contributed by atoms with Crippen molar-refractivity contribution >= 4 is 34.3 Å². The highest BCUT2D eigenvalue weighted by Gasteiger charge is 2.53. The summed E-state index contributed by atoms with van der Waals surface area (Å²) in [6, 6.07) is 9.26. The van der Waals surface area contributed by atoms with E-state index in [4.69, 9.17) is 23.7 Å². The van der Waals surface area contributed by atoms with Gasteiger partial charge in [-0.25, -0.2) is 0 Å². The molecule has 0 radical (unpaired) electrons. The van der Waals surface area contributed by atoms with Gasteiger partial charge in [0.1, 0.15) is 23.6 Å². The Bertz CT molecular complexity index is 1880. The summed E-state index contributed by atoms with van der Waals surface area (Å²) in [7, 11) is 0. The number of fused-ring (bicyclic) bond motifs is 1. The standard InChI is InChI=1S/C47H73N3O13/c1-24-19-26(3)59-44(38(24)53)63-42-28(5)39(62-36-22-45(8,9)41(55)30(7)60-36)29(6)43(56)61-34(47(11,58)40(54)27(4)37(52)25(2)21-46(42,10)57)16-18-49-35(51)23-50-32-14-15-33-31(20-32)13-12-17-48-33/h12-15,17,20,24-30,34,36,38-42,44,50,53-55,57-58H,16,18-19,21-23H2,1-11H3,(H,49,51)/t24?,25-,26?,27+,28+,29-,30?,34-,36?,38?,39+,40-,41?,42-,44?,46-,47-/m1/s1. The molecule has 0 bridgehead atoms. The number of benzene rings is 1. The van der Waals surface area contributed by atoms with Crippen LogP contribution in [0.2, 0.25) is 0 Å². The number of carbonyl (C=O) groups excluding carboxylic acids is 3. The summed E-state index contributed by atoms with van der Waals surface area (Å²) in [5.74, 6) is -6.00. The van der Waals surface area contributed by atoms with Gasteiger partial charge >= 0.3 is 5.97 Å². The number of amides is 1. The number of ether oxygens (including phenoxy) is 5. The molecule has 1 amide bonds. The maximum atomic E-state index is 14.6. The normalized spacial score (nSPS) is 40.7. The van der Waals surface area contributed by atoms with E-state index >= 15 is 0 Å². The number of carbonyl (C=O) groups is 3. The number of hydrogen-bond donors (Lipinski definition) is 7. The molecule has 7 N–H and O–H groups in total. The van der Waals surface area contributed by atoms with Crippen LogP contribution in [-0.4, -0.2) is 134 Å². The first-order valence-electron chi connectivity index (χ1n) is 22.5. The van der Waals surface area contributed by atoms with Crippen molar-refractivity contribution < 1.29 is 63.6 Å². The largest absolute Gasteiger partial charge is 0.459 e. The monoisotopic (exact) mass is 888 g/mol. The molecule has 63 heavy (non-hydrogen) atoms. The molecule has 16 nitrogen and oxygen atoms in total. The van der Waals surface area contributed by atoms with E-state index in [0.29, 0.717) is 12.1 Å². The zero-order chi connectivity index (χ0) is 46.8. The Labute approximate surface area is 371 Å². The lowest BCUT2D eigenvalue weighted by molar-refractivity contribution is -0.312. The van der Waals surface area contributed by atoms with Crippen LogP contribution in [0.15, 0.2) is 36.5 Å². The number of hydrogen-bond acceptors (Lipinski definition) is 15. The number of Topliss-reactive ketones (excluding diaryl/α,β-unsaturated/α-hetero) is 1. The van der Waals surface area contributed by atoms with E-state index in [9.17, 15) is 39.9 Å². The van der Waals surface area contributed by atoms with Crippen LogP contribution >= 0.6 is 0 Å². The number of cyclic esters (lactones) is 1. The van der Waals surface area contributed by atoms with Crippen LogP contribution in [0.5, 0.6) is 0 Å². The minimum Gasteiger partial charge on any atom is -0.459 e. The Hall–Kier alpha value is -3.32. The summed E-state index contributed by atoms with van der Waals surface area (Å²) in [4.78, 5) is 46.1. The fourth-order valence-corrected chi connectivity index (χ4v) is 9.83.